The summed E-state index contributed by atoms with van der Waals surface area (Å²) in [5.41, 5.74) is 0.976. The molecule has 1 aliphatic heterocycles. The van der Waals surface area contributed by atoms with Crippen molar-refractivity contribution in [1.29, 1.82) is 0 Å². The Morgan fingerprint density at radius 2 is 2.21 bits per heavy atom. The normalized spacial score (nSPS) is 17.5. The summed E-state index contributed by atoms with van der Waals surface area (Å²) in [5, 5.41) is 12.2. The van der Waals surface area contributed by atoms with Crippen LogP contribution in [0.5, 0.6) is 0 Å². The molecule has 2 N–H and O–H groups in total. The van der Waals surface area contributed by atoms with Crippen LogP contribution in [0.1, 0.15) is 35.9 Å². The lowest BCUT2D eigenvalue weighted by molar-refractivity contribution is 0.0690. The molecule has 24 heavy (non-hydrogen) atoms. The number of anilines is 2. The van der Waals surface area contributed by atoms with E-state index in [4.69, 9.17) is 5.11 Å². The summed E-state index contributed by atoms with van der Waals surface area (Å²) in [6.45, 7) is 3.84. The van der Waals surface area contributed by atoms with Crippen LogP contribution < -0.4 is 10.2 Å². The van der Waals surface area contributed by atoms with E-state index in [1.807, 2.05) is 6.07 Å². The number of piperidine rings is 1. The lowest BCUT2D eigenvalue weighted by atomic mass is 10.1. The molecule has 3 heterocycles. The number of carboxylic acid groups (broad SMARTS) is 1. The van der Waals surface area contributed by atoms with E-state index in [0.717, 1.165) is 43.9 Å². The molecule has 0 aliphatic carbocycles. The molecule has 1 fully saturated rings. The number of aromatic carboxylic acids is 1. The van der Waals surface area contributed by atoms with Gasteiger partial charge in [-0.3, -0.25) is 0 Å². The summed E-state index contributed by atoms with van der Waals surface area (Å²) in [6, 6.07) is 2.24. The zero-order valence-corrected chi connectivity index (χ0v) is 13.5. The van der Waals surface area contributed by atoms with Crippen molar-refractivity contribution in [3.8, 4) is 0 Å². The van der Waals surface area contributed by atoms with Gasteiger partial charge < -0.3 is 15.3 Å². The van der Waals surface area contributed by atoms with Crippen LogP contribution in [0.3, 0.4) is 0 Å². The highest BCUT2D eigenvalue weighted by atomic mass is 16.4. The molecule has 0 bridgehead atoms. The first kappa shape index (κ1) is 16.1. The van der Waals surface area contributed by atoms with E-state index >= 15 is 0 Å². The Morgan fingerprint density at radius 3 is 2.92 bits per heavy atom. The van der Waals surface area contributed by atoms with Crippen LogP contribution in [0.4, 0.5) is 11.6 Å². The molecular weight excluding hydrogens is 308 g/mol. The Labute approximate surface area is 140 Å². The fraction of sp³-hybridized carbons (Fsp3) is 0.438. The number of carbonyl (C=O) groups is 1. The summed E-state index contributed by atoms with van der Waals surface area (Å²) in [7, 11) is 0. The van der Waals surface area contributed by atoms with Gasteiger partial charge in [0.15, 0.2) is 5.69 Å². The molecule has 0 spiro atoms. The molecule has 1 aliphatic rings. The number of nitrogens with one attached hydrogen (secondary N) is 1. The van der Waals surface area contributed by atoms with E-state index < -0.39 is 5.97 Å². The number of hydrogen-bond acceptors (Lipinski definition) is 7. The standard InChI is InChI=1S/C16H20N6O2/c1-2-11-6-15(20-10-19-11)22-5-3-4-12(9-22)21-14-8-17-13(7-18-14)16(23)24/h6-8,10,12H,2-5,9H2,1H3,(H,18,21)(H,23,24). The number of aromatic nitrogens is 4. The van der Waals surface area contributed by atoms with Crippen molar-refractivity contribution >= 4 is 17.6 Å². The van der Waals surface area contributed by atoms with Crippen molar-refractivity contribution in [2.75, 3.05) is 23.3 Å². The van der Waals surface area contributed by atoms with Gasteiger partial charge in [-0.05, 0) is 19.3 Å². The highest BCUT2D eigenvalue weighted by molar-refractivity contribution is 5.84. The third-order valence-electron chi connectivity index (χ3n) is 4.04. The summed E-state index contributed by atoms with van der Waals surface area (Å²) < 4.78 is 0. The maximum Gasteiger partial charge on any atom is 0.356 e. The van der Waals surface area contributed by atoms with Gasteiger partial charge in [-0.25, -0.2) is 24.7 Å². The highest BCUT2D eigenvalue weighted by Gasteiger charge is 2.21. The van der Waals surface area contributed by atoms with Crippen LogP contribution in [0.15, 0.2) is 24.8 Å². The van der Waals surface area contributed by atoms with E-state index in [2.05, 4.69) is 37.1 Å². The van der Waals surface area contributed by atoms with Crippen LogP contribution in [-0.4, -0.2) is 50.1 Å². The third kappa shape index (κ3) is 3.76. The fourth-order valence-electron chi connectivity index (χ4n) is 2.78. The minimum atomic E-state index is -1.08. The van der Waals surface area contributed by atoms with Crippen LogP contribution in [0.2, 0.25) is 0 Å². The Bertz CT molecular complexity index is 706. The van der Waals surface area contributed by atoms with Gasteiger partial charge in [-0.15, -0.1) is 0 Å². The molecule has 0 saturated carbocycles. The topological polar surface area (TPSA) is 104 Å². The molecule has 0 amide bonds. The second-order valence-electron chi connectivity index (χ2n) is 5.74. The number of rotatable bonds is 5. The molecule has 0 radical (unpaired) electrons. The van der Waals surface area contributed by atoms with Gasteiger partial charge >= 0.3 is 5.97 Å². The van der Waals surface area contributed by atoms with Crippen molar-refractivity contribution in [2.24, 2.45) is 0 Å². The molecule has 0 aromatic carbocycles. The van der Waals surface area contributed by atoms with Gasteiger partial charge in [-0.1, -0.05) is 6.92 Å². The third-order valence-corrected chi connectivity index (χ3v) is 4.04. The van der Waals surface area contributed by atoms with Crippen molar-refractivity contribution in [3.05, 3.63) is 36.2 Å². The van der Waals surface area contributed by atoms with E-state index in [1.54, 1.807) is 6.33 Å². The second kappa shape index (κ2) is 7.20. The Morgan fingerprint density at radius 1 is 1.33 bits per heavy atom. The van der Waals surface area contributed by atoms with Crippen LogP contribution >= 0.6 is 0 Å². The van der Waals surface area contributed by atoms with Crippen LogP contribution in [0.25, 0.3) is 0 Å². The van der Waals surface area contributed by atoms with E-state index in [1.165, 1.54) is 12.4 Å². The average molecular weight is 328 g/mol. The van der Waals surface area contributed by atoms with Gasteiger partial charge in [0, 0.05) is 30.9 Å². The second-order valence-corrected chi connectivity index (χ2v) is 5.74. The van der Waals surface area contributed by atoms with Gasteiger partial charge in [0.2, 0.25) is 0 Å². The lowest BCUT2D eigenvalue weighted by Gasteiger charge is -2.34. The molecule has 126 valence electrons. The molecule has 1 atom stereocenters. The minimum Gasteiger partial charge on any atom is -0.476 e. The number of hydrogen-bond donors (Lipinski definition) is 2. The molecular formula is C16H20N6O2. The van der Waals surface area contributed by atoms with Gasteiger partial charge in [0.05, 0.1) is 12.4 Å². The SMILES string of the molecule is CCc1cc(N2CCCC(Nc3cnc(C(=O)O)cn3)C2)ncn1. The maximum atomic E-state index is 10.8. The average Bonchev–Trinajstić information content (AvgIpc) is 2.62. The largest absolute Gasteiger partial charge is 0.476 e. The van der Waals surface area contributed by atoms with Crippen molar-refractivity contribution in [3.63, 3.8) is 0 Å². The Balaban J connectivity index is 1.65. The van der Waals surface area contributed by atoms with Gasteiger partial charge in [0.1, 0.15) is 18.0 Å². The summed E-state index contributed by atoms with van der Waals surface area (Å²) >= 11 is 0. The lowest BCUT2D eigenvalue weighted by Crippen LogP contribution is -2.42. The maximum absolute atomic E-state index is 10.8. The fourth-order valence-corrected chi connectivity index (χ4v) is 2.78. The first-order valence-corrected chi connectivity index (χ1v) is 8.03. The minimum absolute atomic E-state index is 0.0566. The number of nitrogens with zero attached hydrogens (tertiary/aromatic N) is 5. The van der Waals surface area contributed by atoms with Crippen LogP contribution in [-0.2, 0) is 6.42 Å². The molecule has 1 unspecified atom stereocenters. The Hall–Kier alpha value is -2.77. The van der Waals surface area contributed by atoms with Gasteiger partial charge in [0.25, 0.3) is 0 Å². The van der Waals surface area contributed by atoms with Crippen molar-refractivity contribution in [2.45, 2.75) is 32.2 Å². The molecule has 8 heteroatoms. The Kier molecular flexibility index (Phi) is 4.83. The van der Waals surface area contributed by atoms with Crippen molar-refractivity contribution < 1.29 is 9.90 Å². The first-order valence-electron chi connectivity index (χ1n) is 8.03. The first-order chi connectivity index (χ1) is 11.7. The van der Waals surface area contributed by atoms with Gasteiger partial charge in [-0.2, -0.15) is 0 Å². The summed E-state index contributed by atoms with van der Waals surface area (Å²) in [6.07, 6.45) is 7.29. The van der Waals surface area contributed by atoms with E-state index in [-0.39, 0.29) is 11.7 Å². The van der Waals surface area contributed by atoms with E-state index in [0.29, 0.717) is 5.82 Å². The molecule has 8 nitrogen and oxygen atoms in total. The summed E-state index contributed by atoms with van der Waals surface area (Å²) in [5.74, 6) is 0.456. The van der Waals surface area contributed by atoms with Crippen LogP contribution in [0, 0.1) is 0 Å². The molecule has 2 aromatic heterocycles. The smallest absolute Gasteiger partial charge is 0.356 e. The zero-order valence-electron chi connectivity index (χ0n) is 13.5. The summed E-state index contributed by atoms with van der Waals surface area (Å²) in [4.78, 5) is 29.7. The predicted molar refractivity (Wildman–Crippen MR) is 89.3 cm³/mol. The quantitative estimate of drug-likeness (QED) is 0.853. The molecule has 2 aromatic rings. The molecule has 1 saturated heterocycles. The molecule has 3 rings (SSSR count). The number of aryl methyl sites for hydroxylation is 1. The predicted octanol–water partition coefficient (Wildman–Crippen LogP) is 1.61. The highest BCUT2D eigenvalue weighted by Crippen LogP contribution is 2.20. The monoisotopic (exact) mass is 328 g/mol. The van der Waals surface area contributed by atoms with E-state index in [9.17, 15) is 4.79 Å². The number of carboxylic acids is 1. The zero-order chi connectivity index (χ0) is 16.9. The van der Waals surface area contributed by atoms with Crippen molar-refractivity contribution in [1.82, 2.24) is 19.9 Å².